The Kier molecular flexibility index (Phi) is 9.15. The molecule has 0 bridgehead atoms. The lowest BCUT2D eigenvalue weighted by molar-refractivity contribution is -0.135. The normalized spacial score (nSPS) is 25.8. The van der Waals surface area contributed by atoms with Gasteiger partial charge in [-0.2, -0.15) is 0 Å². The Bertz CT molecular complexity index is 2020. The molecule has 52 heavy (non-hydrogen) atoms. The van der Waals surface area contributed by atoms with Crippen LogP contribution in [0.2, 0.25) is 0 Å². The Morgan fingerprint density at radius 1 is 0.769 bits per heavy atom. The van der Waals surface area contributed by atoms with Gasteiger partial charge in [-0.3, -0.25) is 28.9 Å². The molecule has 5 atom stereocenters. The SMILES string of the molecule is [2H]C([2H])([2H])C([2H])(C[C@H](NC(=O)[C@H](CCc1ccccc1)NC(=O)CN1CCOCC1)C(=O)N[C@@H](Cc1ccccc1)C(=O)N[C@]([2H])(CC([2H])(C([2H])([2H])[2H])C([2H])([2H])[2H])C(=O)[C@@]1(C)CO1)C([2H])([2H])[2H]. The van der Waals surface area contributed by atoms with Crippen LogP contribution in [0.15, 0.2) is 60.7 Å². The molecule has 2 aliphatic heterocycles. The van der Waals surface area contributed by atoms with Gasteiger partial charge in [0.05, 0.1) is 33.8 Å². The summed E-state index contributed by atoms with van der Waals surface area (Å²) in [6, 6.07) is 7.61. The van der Waals surface area contributed by atoms with E-state index in [4.69, 9.17) is 28.7 Å². The molecule has 2 aromatic carbocycles. The second-order valence-corrected chi connectivity index (χ2v) is 13.0. The lowest BCUT2D eigenvalue weighted by Crippen LogP contribution is -2.59. The maximum atomic E-state index is 14.6. The van der Waals surface area contributed by atoms with Crippen molar-refractivity contribution in [3.8, 4) is 0 Å². The molecule has 2 aliphatic rings. The van der Waals surface area contributed by atoms with Gasteiger partial charge in [0.25, 0.3) is 0 Å². The van der Waals surface area contributed by atoms with E-state index >= 15 is 0 Å². The first-order valence-corrected chi connectivity index (χ1v) is 17.0. The highest BCUT2D eigenvalue weighted by atomic mass is 16.6. The number of aryl methyl sites for hydroxylation is 1. The second-order valence-electron chi connectivity index (χ2n) is 13.0. The van der Waals surface area contributed by atoms with E-state index in [0.29, 0.717) is 31.9 Å². The number of nitrogens with one attached hydrogen (secondary N) is 4. The van der Waals surface area contributed by atoms with Crippen LogP contribution in [0.5, 0.6) is 0 Å². The van der Waals surface area contributed by atoms with Crippen molar-refractivity contribution in [2.45, 2.75) is 96.2 Å². The van der Waals surface area contributed by atoms with Crippen LogP contribution >= 0.6 is 0 Å². The fourth-order valence-electron chi connectivity index (χ4n) is 5.60. The first kappa shape index (κ1) is 24.2. The van der Waals surface area contributed by atoms with Gasteiger partial charge in [0.2, 0.25) is 23.6 Å². The fraction of sp³-hybridized carbons (Fsp3) is 0.575. The number of carbonyl (C=O) groups excluding carboxylic acids is 5. The minimum Gasteiger partial charge on any atom is -0.379 e. The molecule has 0 radical (unpaired) electrons. The van der Waals surface area contributed by atoms with Crippen LogP contribution < -0.4 is 21.3 Å². The highest BCUT2D eigenvalue weighted by Crippen LogP contribution is 2.29. The van der Waals surface area contributed by atoms with Crippen molar-refractivity contribution in [1.29, 1.82) is 0 Å². The number of Topliss-reactive ketones (excluding diaryl/α,β-unsaturated/α-hetero) is 1. The molecule has 0 unspecified atom stereocenters. The number of morpholine rings is 1. The zero-order valence-electron chi connectivity index (χ0n) is 44.1. The van der Waals surface area contributed by atoms with E-state index < -0.39 is 118 Å². The van der Waals surface area contributed by atoms with E-state index in [9.17, 15) is 25.3 Å². The number of amides is 4. The summed E-state index contributed by atoms with van der Waals surface area (Å²) in [5, 5.41) is 9.31. The van der Waals surface area contributed by atoms with Gasteiger partial charge in [-0.25, -0.2) is 0 Å². The molecule has 4 N–H and O–H groups in total. The van der Waals surface area contributed by atoms with Crippen molar-refractivity contribution in [2.24, 2.45) is 11.8 Å². The average molecular weight is 735 g/mol. The molecule has 2 saturated heterocycles. The van der Waals surface area contributed by atoms with E-state index in [-0.39, 0.29) is 26.0 Å². The van der Waals surface area contributed by atoms with Gasteiger partial charge in [0, 0.05) is 38.7 Å². The lowest BCUT2D eigenvalue weighted by atomic mass is 9.93. The van der Waals surface area contributed by atoms with Gasteiger partial charge >= 0.3 is 0 Å². The molecular formula is C40H57N5O7. The van der Waals surface area contributed by atoms with Crippen LogP contribution in [0, 0.1) is 11.8 Å². The fourth-order valence-corrected chi connectivity index (χ4v) is 5.60. The number of rotatable bonds is 20. The number of ketones is 1. The molecule has 0 spiro atoms. The maximum Gasteiger partial charge on any atom is 0.243 e. The standard InChI is InChI=1S/C40H57N5O7/c1-27(2)22-32(36(47)40(5)26-52-40)42-39(50)34(24-30-14-10-7-11-15-30)44-38(49)33(23-28(3)4)43-37(48)31(17-16-29-12-8-6-9-13-29)41-35(46)25-45-18-20-51-21-19-45/h6-15,27-28,31-34H,16-26H2,1-5H3,(H,41,46)(H,42,50)(H,43,48)(H,44,49)/t31-,32+,33-,34-,40+/m0/s1/i1D3,2D3,3D3,4D3,27D,28D,32D. The summed E-state index contributed by atoms with van der Waals surface area (Å²) < 4.78 is 133. The summed E-state index contributed by atoms with van der Waals surface area (Å²) in [7, 11) is 0. The van der Waals surface area contributed by atoms with Crippen LogP contribution in [0.25, 0.3) is 0 Å². The third-order valence-corrected chi connectivity index (χ3v) is 8.60. The monoisotopic (exact) mass is 735 g/mol. The van der Waals surface area contributed by atoms with Crippen molar-refractivity contribution in [3.05, 3.63) is 71.8 Å². The molecule has 2 aromatic rings. The van der Waals surface area contributed by atoms with Gasteiger partial charge in [-0.1, -0.05) is 88.1 Å². The quantitative estimate of drug-likeness (QED) is 0.151. The summed E-state index contributed by atoms with van der Waals surface area (Å²) in [5.74, 6) is -12.9. The number of hydrogen-bond acceptors (Lipinski definition) is 8. The molecule has 4 rings (SSSR count). The topological polar surface area (TPSA) is 158 Å². The lowest BCUT2D eigenvalue weighted by Gasteiger charge is -2.29. The predicted molar refractivity (Wildman–Crippen MR) is 198 cm³/mol. The van der Waals surface area contributed by atoms with Crippen molar-refractivity contribution in [1.82, 2.24) is 26.2 Å². The van der Waals surface area contributed by atoms with Crippen LogP contribution in [-0.4, -0.2) is 104 Å². The number of nitrogens with zero attached hydrogens (tertiary/aromatic N) is 1. The summed E-state index contributed by atoms with van der Waals surface area (Å²) in [6.45, 7) is -12.3. The van der Waals surface area contributed by atoms with E-state index in [1.54, 1.807) is 53.4 Å². The molecule has 2 fully saturated rings. The molecule has 0 saturated carbocycles. The van der Waals surface area contributed by atoms with Crippen molar-refractivity contribution >= 4 is 29.4 Å². The van der Waals surface area contributed by atoms with Crippen molar-refractivity contribution < 1.29 is 54.0 Å². The third-order valence-electron chi connectivity index (χ3n) is 8.60. The number of benzene rings is 2. The first-order chi connectivity index (χ1) is 30.8. The van der Waals surface area contributed by atoms with Gasteiger partial charge in [0.1, 0.15) is 23.7 Å². The van der Waals surface area contributed by atoms with Crippen LogP contribution in [0.3, 0.4) is 0 Å². The Hall–Kier alpha value is -4.13. The average Bonchev–Trinajstić information content (AvgIpc) is 3.98. The molecule has 4 amide bonds. The zero-order valence-corrected chi connectivity index (χ0v) is 29.1. The third kappa shape index (κ3) is 13.1. The van der Waals surface area contributed by atoms with Gasteiger partial charge in [-0.05, 0) is 55.5 Å². The summed E-state index contributed by atoms with van der Waals surface area (Å²) in [4.78, 5) is 72.4. The molecule has 12 nitrogen and oxygen atoms in total. The van der Waals surface area contributed by atoms with Crippen molar-refractivity contribution in [3.63, 3.8) is 0 Å². The minimum absolute atomic E-state index is 0.0884. The highest BCUT2D eigenvalue weighted by Gasteiger charge is 2.50. The highest BCUT2D eigenvalue weighted by molar-refractivity contribution is 5.98. The Labute approximate surface area is 329 Å². The van der Waals surface area contributed by atoms with E-state index in [2.05, 4.69) is 16.0 Å². The zero-order chi connectivity index (χ0) is 50.4. The molecule has 12 heteroatoms. The molecular weight excluding hydrogens is 662 g/mol. The molecule has 0 aromatic heterocycles. The molecule has 2 heterocycles. The number of carbonyl (C=O) groups is 5. The Morgan fingerprint density at radius 3 is 1.94 bits per heavy atom. The predicted octanol–water partition coefficient (Wildman–Crippen LogP) is 2.58. The van der Waals surface area contributed by atoms with Crippen LogP contribution in [0.4, 0.5) is 0 Å². The molecule has 0 aliphatic carbocycles. The number of hydrogen-bond donors (Lipinski definition) is 4. The Morgan fingerprint density at radius 2 is 1.33 bits per heavy atom. The van der Waals surface area contributed by atoms with Gasteiger partial charge in [0.15, 0.2) is 5.78 Å². The van der Waals surface area contributed by atoms with E-state index in [1.807, 2.05) is 5.32 Å². The second kappa shape index (κ2) is 19.6. The van der Waals surface area contributed by atoms with Gasteiger partial charge in [-0.15, -0.1) is 0 Å². The van der Waals surface area contributed by atoms with Gasteiger partial charge < -0.3 is 30.7 Å². The smallest absolute Gasteiger partial charge is 0.243 e. The first-order valence-electron chi connectivity index (χ1n) is 24.5. The maximum absolute atomic E-state index is 14.6. The van der Waals surface area contributed by atoms with Crippen molar-refractivity contribution in [2.75, 3.05) is 39.5 Å². The summed E-state index contributed by atoms with van der Waals surface area (Å²) in [5.41, 5.74) is -0.760. The Balaban J connectivity index is 1.77. The summed E-state index contributed by atoms with van der Waals surface area (Å²) >= 11 is 0. The van der Waals surface area contributed by atoms with Crippen LogP contribution in [0.1, 0.15) is 85.3 Å². The summed E-state index contributed by atoms with van der Waals surface area (Å²) in [6.07, 6.45) is -3.43. The minimum atomic E-state index is -3.65. The largest absolute Gasteiger partial charge is 0.379 e. The number of epoxide rings is 1. The van der Waals surface area contributed by atoms with Crippen LogP contribution in [-0.2, 0) is 46.3 Å². The van der Waals surface area contributed by atoms with E-state index in [1.165, 1.54) is 19.1 Å². The number of ether oxygens (including phenoxy) is 2. The molecule has 284 valence electrons. The van der Waals surface area contributed by atoms with E-state index in [0.717, 1.165) is 5.56 Å².